The average molecular weight is 540 g/mol. The number of nitrogens with zero attached hydrogens (tertiary/aromatic N) is 5. The Labute approximate surface area is 232 Å². The monoisotopic (exact) mass is 539 g/mol. The second-order valence-corrected chi connectivity index (χ2v) is 8.24. The lowest BCUT2D eigenvalue weighted by Gasteiger charge is -2.25. The van der Waals surface area contributed by atoms with Gasteiger partial charge in [-0.1, -0.05) is 31.4 Å². The molecule has 0 atom stereocenters. The molecule has 0 aliphatic heterocycles. The molecule has 3 aromatic rings. The topological polar surface area (TPSA) is 122 Å². The van der Waals surface area contributed by atoms with Crippen LogP contribution in [-0.4, -0.2) is 44.0 Å². The Hall–Kier alpha value is -5.25. The van der Waals surface area contributed by atoms with E-state index in [1.165, 1.54) is 6.92 Å². The number of anilines is 1. The third-order valence-electron chi connectivity index (χ3n) is 5.43. The Morgan fingerprint density at radius 1 is 0.725 bits per heavy atom. The number of hydrogen-bond donors (Lipinski definition) is 0. The van der Waals surface area contributed by atoms with Gasteiger partial charge in [-0.2, -0.15) is 15.3 Å². The van der Waals surface area contributed by atoms with Crippen molar-refractivity contribution in [2.75, 3.05) is 31.2 Å². The molecule has 40 heavy (non-hydrogen) atoms. The van der Waals surface area contributed by atoms with Gasteiger partial charge in [-0.15, -0.1) is 5.11 Å². The van der Waals surface area contributed by atoms with Crippen LogP contribution in [0, 0.1) is 0 Å². The number of ketones is 1. The molecular formula is C30H29N5O5. The van der Waals surface area contributed by atoms with Crippen molar-refractivity contribution < 1.29 is 23.9 Å². The molecular weight excluding hydrogens is 510 g/mol. The molecule has 0 radical (unpaired) electrons. The second-order valence-electron chi connectivity index (χ2n) is 8.24. The van der Waals surface area contributed by atoms with Gasteiger partial charge in [-0.25, -0.2) is 9.59 Å². The van der Waals surface area contributed by atoms with E-state index in [4.69, 9.17) is 9.47 Å². The number of Topliss-reactive ketones (excluding diaryl/α,β-unsaturated/α-hetero) is 1. The molecule has 0 aliphatic carbocycles. The molecule has 0 heterocycles. The highest BCUT2D eigenvalue weighted by Crippen LogP contribution is 2.29. The molecule has 0 aliphatic rings. The van der Waals surface area contributed by atoms with Gasteiger partial charge in [0.1, 0.15) is 13.2 Å². The van der Waals surface area contributed by atoms with Gasteiger partial charge in [0.2, 0.25) is 0 Å². The third-order valence-corrected chi connectivity index (χ3v) is 5.43. The second kappa shape index (κ2) is 15.2. The van der Waals surface area contributed by atoms with Crippen LogP contribution in [0.2, 0.25) is 0 Å². The Morgan fingerprint density at radius 2 is 1.23 bits per heavy atom. The molecule has 10 heteroatoms. The lowest BCUT2D eigenvalue weighted by atomic mass is 10.1. The van der Waals surface area contributed by atoms with Gasteiger partial charge < -0.3 is 14.4 Å². The van der Waals surface area contributed by atoms with Crippen molar-refractivity contribution in [2.24, 2.45) is 20.5 Å². The molecule has 10 nitrogen and oxygen atoms in total. The van der Waals surface area contributed by atoms with E-state index in [-0.39, 0.29) is 32.1 Å². The fraction of sp³-hybridized carbons (Fsp3) is 0.167. The maximum absolute atomic E-state index is 12.5. The summed E-state index contributed by atoms with van der Waals surface area (Å²) in [4.78, 5) is 37.2. The molecule has 3 aromatic carbocycles. The number of azo groups is 2. The lowest BCUT2D eigenvalue weighted by molar-refractivity contribution is -0.137. The van der Waals surface area contributed by atoms with Gasteiger partial charge in [0.25, 0.3) is 0 Å². The highest BCUT2D eigenvalue weighted by molar-refractivity contribution is 5.99. The van der Waals surface area contributed by atoms with Crippen molar-refractivity contribution >= 4 is 46.2 Å². The van der Waals surface area contributed by atoms with Crippen LogP contribution in [0.4, 0.5) is 28.4 Å². The van der Waals surface area contributed by atoms with E-state index in [9.17, 15) is 14.4 Å². The molecule has 0 spiro atoms. The molecule has 3 rings (SSSR count). The third kappa shape index (κ3) is 9.25. The predicted molar refractivity (Wildman–Crippen MR) is 152 cm³/mol. The van der Waals surface area contributed by atoms with Gasteiger partial charge in [-0.05, 0) is 61.5 Å². The SMILES string of the molecule is C=CC(=O)OCCN(CCOC(=O)C=C)c1ccc(N=Nc2ccc(N=Nc3ccccc3)cc2)c(C(C)=O)c1. The molecule has 0 saturated carbocycles. The van der Waals surface area contributed by atoms with E-state index in [2.05, 4.69) is 33.6 Å². The molecule has 204 valence electrons. The lowest BCUT2D eigenvalue weighted by Crippen LogP contribution is -2.32. The summed E-state index contributed by atoms with van der Waals surface area (Å²) in [5.41, 5.74) is 3.38. The largest absolute Gasteiger partial charge is 0.461 e. The summed E-state index contributed by atoms with van der Waals surface area (Å²) >= 11 is 0. The average Bonchev–Trinajstić information content (AvgIpc) is 2.98. The van der Waals surface area contributed by atoms with Crippen LogP contribution in [-0.2, 0) is 19.1 Å². The zero-order valence-electron chi connectivity index (χ0n) is 22.1. The van der Waals surface area contributed by atoms with Crippen LogP contribution in [0.15, 0.2) is 119 Å². The molecule has 0 amide bonds. The fourth-order valence-electron chi connectivity index (χ4n) is 3.40. The van der Waals surface area contributed by atoms with Crippen LogP contribution >= 0.6 is 0 Å². The Kier molecular flexibility index (Phi) is 11.2. The summed E-state index contributed by atoms with van der Waals surface area (Å²) in [5.74, 6) is -1.31. The molecule has 0 fully saturated rings. The predicted octanol–water partition coefficient (Wildman–Crippen LogP) is 6.98. The van der Waals surface area contributed by atoms with Crippen LogP contribution in [0.1, 0.15) is 17.3 Å². The Bertz CT molecular complexity index is 1380. The van der Waals surface area contributed by atoms with E-state index in [1.54, 1.807) is 42.5 Å². The van der Waals surface area contributed by atoms with E-state index >= 15 is 0 Å². The molecule has 0 aromatic heterocycles. The van der Waals surface area contributed by atoms with E-state index in [0.717, 1.165) is 17.8 Å². The van der Waals surface area contributed by atoms with Crippen molar-refractivity contribution in [3.8, 4) is 0 Å². The summed E-state index contributed by atoms with van der Waals surface area (Å²) in [6.07, 6.45) is 2.15. The zero-order chi connectivity index (χ0) is 28.7. The van der Waals surface area contributed by atoms with Crippen molar-refractivity contribution in [3.63, 3.8) is 0 Å². The van der Waals surface area contributed by atoms with Crippen molar-refractivity contribution in [2.45, 2.75) is 6.92 Å². The summed E-state index contributed by atoms with van der Waals surface area (Å²) in [7, 11) is 0. The molecule has 0 saturated heterocycles. The molecule has 0 unspecified atom stereocenters. The first-order valence-corrected chi connectivity index (χ1v) is 12.4. The van der Waals surface area contributed by atoms with Crippen LogP contribution in [0.5, 0.6) is 0 Å². The number of rotatable bonds is 14. The summed E-state index contributed by atoms with van der Waals surface area (Å²) in [5, 5.41) is 16.9. The summed E-state index contributed by atoms with van der Waals surface area (Å²) in [6.45, 7) is 8.91. The quantitative estimate of drug-likeness (QED) is 0.0942. The van der Waals surface area contributed by atoms with E-state index < -0.39 is 11.9 Å². The van der Waals surface area contributed by atoms with E-state index in [1.807, 2.05) is 35.2 Å². The maximum atomic E-state index is 12.5. The van der Waals surface area contributed by atoms with Crippen LogP contribution in [0.25, 0.3) is 0 Å². The van der Waals surface area contributed by atoms with E-state index in [0.29, 0.717) is 28.3 Å². The normalized spacial score (nSPS) is 10.8. The molecule has 0 bridgehead atoms. The number of ether oxygens (including phenoxy) is 2. The first-order chi connectivity index (χ1) is 19.4. The fourth-order valence-corrected chi connectivity index (χ4v) is 3.40. The number of carbonyl (C=O) groups excluding carboxylic acids is 3. The summed E-state index contributed by atoms with van der Waals surface area (Å²) in [6, 6.07) is 21.6. The van der Waals surface area contributed by atoms with Gasteiger partial charge in [0, 0.05) is 23.4 Å². The van der Waals surface area contributed by atoms with Gasteiger partial charge in [0.05, 0.1) is 35.8 Å². The minimum Gasteiger partial charge on any atom is -0.461 e. The highest BCUT2D eigenvalue weighted by atomic mass is 16.5. The number of hydrogen-bond acceptors (Lipinski definition) is 10. The minimum atomic E-state index is -0.550. The van der Waals surface area contributed by atoms with Crippen LogP contribution in [0.3, 0.4) is 0 Å². The van der Waals surface area contributed by atoms with Crippen molar-refractivity contribution in [1.82, 2.24) is 0 Å². The molecule has 0 N–H and O–H groups in total. The Morgan fingerprint density at radius 3 is 1.73 bits per heavy atom. The standard InChI is InChI=1S/C30H29N5O5/c1-4-29(37)39-19-17-35(18-20-40-30(38)5-2)26-15-16-28(27(21-26)22(3)36)34-33-25-13-11-24(12-14-25)32-31-23-9-7-6-8-10-23/h4-16,21H,1-2,17-20H2,3H3. The summed E-state index contributed by atoms with van der Waals surface area (Å²) < 4.78 is 10.2. The first kappa shape index (κ1) is 29.3. The maximum Gasteiger partial charge on any atom is 0.330 e. The smallest absolute Gasteiger partial charge is 0.330 e. The van der Waals surface area contributed by atoms with Gasteiger partial charge in [-0.3, -0.25) is 4.79 Å². The number of carbonyl (C=O) groups is 3. The highest BCUT2D eigenvalue weighted by Gasteiger charge is 2.14. The zero-order valence-corrected chi connectivity index (χ0v) is 22.1. The minimum absolute atomic E-state index is 0.0675. The van der Waals surface area contributed by atoms with Crippen molar-refractivity contribution in [3.05, 3.63) is 104 Å². The number of esters is 2. The van der Waals surface area contributed by atoms with Gasteiger partial charge >= 0.3 is 11.9 Å². The van der Waals surface area contributed by atoms with Crippen molar-refractivity contribution in [1.29, 1.82) is 0 Å². The van der Waals surface area contributed by atoms with Crippen LogP contribution < -0.4 is 4.90 Å². The Balaban J connectivity index is 1.75. The van der Waals surface area contributed by atoms with Gasteiger partial charge in [0.15, 0.2) is 5.78 Å². The number of benzene rings is 3. The first-order valence-electron chi connectivity index (χ1n) is 12.4.